The number of aromatic nitrogens is 1. The molecule has 4 rings (SSSR count). The van der Waals surface area contributed by atoms with E-state index in [0.717, 1.165) is 21.9 Å². The standard InChI is InChI=1S/C19H13ClN2O2S/c1-9-2-4-14-10(6-9)7-13-16(21)18(25-19(13)22-14)17(24)12-8-11(20)3-5-15(12)23/h2-8,23H,21H2,1H3. The summed E-state index contributed by atoms with van der Waals surface area (Å²) < 4.78 is 0. The number of fused-ring (bicyclic) bond motifs is 2. The summed E-state index contributed by atoms with van der Waals surface area (Å²) in [4.78, 5) is 18.5. The lowest BCUT2D eigenvalue weighted by atomic mass is 10.1. The molecular formula is C19H13ClN2O2S. The van der Waals surface area contributed by atoms with Crippen LogP contribution in [-0.4, -0.2) is 15.9 Å². The van der Waals surface area contributed by atoms with Gasteiger partial charge in [-0.05, 0) is 43.3 Å². The first-order valence-corrected chi connectivity index (χ1v) is 8.76. The van der Waals surface area contributed by atoms with E-state index in [4.69, 9.17) is 17.3 Å². The molecule has 0 saturated heterocycles. The molecule has 0 aliphatic rings. The summed E-state index contributed by atoms with van der Waals surface area (Å²) in [6.45, 7) is 2.01. The smallest absolute Gasteiger partial charge is 0.208 e. The van der Waals surface area contributed by atoms with Crippen LogP contribution in [0.1, 0.15) is 20.8 Å². The fourth-order valence-corrected chi connectivity index (χ4v) is 4.01. The number of nitrogens with zero attached hydrogens (tertiary/aromatic N) is 1. The van der Waals surface area contributed by atoms with Crippen LogP contribution in [0.4, 0.5) is 5.69 Å². The lowest BCUT2D eigenvalue weighted by Crippen LogP contribution is -2.02. The number of benzene rings is 2. The van der Waals surface area contributed by atoms with E-state index >= 15 is 0 Å². The topological polar surface area (TPSA) is 76.2 Å². The third kappa shape index (κ3) is 2.62. The zero-order valence-electron chi connectivity index (χ0n) is 13.2. The van der Waals surface area contributed by atoms with Crippen LogP contribution in [0.25, 0.3) is 21.1 Å². The number of pyridine rings is 1. The number of ketones is 1. The highest BCUT2D eigenvalue weighted by molar-refractivity contribution is 7.21. The number of halogens is 1. The summed E-state index contributed by atoms with van der Waals surface area (Å²) in [6, 6.07) is 12.3. The zero-order chi connectivity index (χ0) is 17.7. The van der Waals surface area contributed by atoms with Crippen molar-refractivity contribution < 1.29 is 9.90 Å². The fourth-order valence-electron chi connectivity index (χ4n) is 2.80. The Kier molecular flexibility index (Phi) is 3.63. The molecule has 6 heteroatoms. The number of carbonyl (C=O) groups excluding carboxylic acids is 1. The van der Waals surface area contributed by atoms with Crippen LogP contribution in [0.15, 0.2) is 42.5 Å². The van der Waals surface area contributed by atoms with Crippen molar-refractivity contribution >= 4 is 55.5 Å². The van der Waals surface area contributed by atoms with Crippen molar-refractivity contribution in [1.82, 2.24) is 4.98 Å². The Bertz CT molecular complexity index is 1170. The van der Waals surface area contributed by atoms with E-state index in [2.05, 4.69) is 4.98 Å². The summed E-state index contributed by atoms with van der Waals surface area (Å²) in [5.74, 6) is -0.485. The monoisotopic (exact) mass is 368 g/mol. The maximum Gasteiger partial charge on any atom is 0.208 e. The average Bonchev–Trinajstić information content (AvgIpc) is 2.90. The molecule has 2 aromatic carbocycles. The number of aryl methyl sites for hydroxylation is 1. The summed E-state index contributed by atoms with van der Waals surface area (Å²) in [7, 11) is 0. The first kappa shape index (κ1) is 15.9. The number of hydrogen-bond acceptors (Lipinski definition) is 5. The number of rotatable bonds is 2. The second-order valence-corrected chi connectivity index (χ2v) is 7.31. The van der Waals surface area contributed by atoms with Crippen LogP contribution in [0, 0.1) is 6.92 Å². The number of aromatic hydroxyl groups is 1. The van der Waals surface area contributed by atoms with Gasteiger partial charge in [0.1, 0.15) is 15.5 Å². The van der Waals surface area contributed by atoms with Gasteiger partial charge in [-0.15, -0.1) is 11.3 Å². The number of nitrogens with two attached hydrogens (primary N) is 1. The van der Waals surface area contributed by atoms with Gasteiger partial charge in [-0.3, -0.25) is 4.79 Å². The molecule has 124 valence electrons. The third-order valence-electron chi connectivity index (χ3n) is 4.08. The van der Waals surface area contributed by atoms with Crippen molar-refractivity contribution in [1.29, 1.82) is 0 Å². The van der Waals surface area contributed by atoms with Gasteiger partial charge in [-0.25, -0.2) is 4.98 Å². The Hall–Kier alpha value is -2.63. The van der Waals surface area contributed by atoms with E-state index in [1.807, 2.05) is 31.2 Å². The number of phenolic OH excluding ortho intramolecular Hbond substituents is 1. The van der Waals surface area contributed by atoms with Crippen LogP contribution in [0.2, 0.25) is 5.02 Å². The molecule has 0 atom stereocenters. The number of hydrogen-bond donors (Lipinski definition) is 2. The van der Waals surface area contributed by atoms with E-state index in [1.165, 1.54) is 29.5 Å². The number of thiophene rings is 1. The molecule has 25 heavy (non-hydrogen) atoms. The molecule has 0 fully saturated rings. The van der Waals surface area contributed by atoms with E-state index in [1.54, 1.807) is 0 Å². The molecule has 2 aromatic heterocycles. The minimum absolute atomic E-state index is 0.125. The van der Waals surface area contributed by atoms with Crippen molar-refractivity contribution in [3.05, 3.63) is 63.5 Å². The second-order valence-electron chi connectivity index (χ2n) is 5.87. The van der Waals surface area contributed by atoms with Gasteiger partial charge in [0.2, 0.25) is 5.78 Å². The average molecular weight is 369 g/mol. The molecule has 0 bridgehead atoms. The summed E-state index contributed by atoms with van der Waals surface area (Å²) in [6.07, 6.45) is 0. The normalized spacial score (nSPS) is 11.3. The number of carbonyl (C=O) groups is 1. The number of anilines is 1. The molecule has 0 radical (unpaired) electrons. The molecule has 0 saturated carbocycles. The van der Waals surface area contributed by atoms with Gasteiger partial charge in [0.15, 0.2) is 0 Å². The fraction of sp³-hybridized carbons (Fsp3) is 0.0526. The molecule has 0 aliphatic heterocycles. The quantitative estimate of drug-likeness (QED) is 0.492. The Morgan fingerprint density at radius 2 is 2.00 bits per heavy atom. The van der Waals surface area contributed by atoms with Crippen molar-refractivity contribution in [2.24, 2.45) is 0 Å². The Morgan fingerprint density at radius 1 is 1.20 bits per heavy atom. The van der Waals surface area contributed by atoms with Gasteiger partial charge < -0.3 is 10.8 Å². The second kappa shape index (κ2) is 5.72. The molecule has 4 aromatic rings. The zero-order valence-corrected chi connectivity index (χ0v) is 14.8. The Morgan fingerprint density at radius 3 is 2.80 bits per heavy atom. The highest BCUT2D eigenvalue weighted by Crippen LogP contribution is 2.37. The lowest BCUT2D eigenvalue weighted by molar-refractivity contribution is 0.104. The third-order valence-corrected chi connectivity index (χ3v) is 5.43. The van der Waals surface area contributed by atoms with Gasteiger partial charge >= 0.3 is 0 Å². The molecule has 0 unspecified atom stereocenters. The van der Waals surface area contributed by atoms with Gasteiger partial charge in [0.25, 0.3) is 0 Å². The molecule has 0 spiro atoms. The lowest BCUT2D eigenvalue weighted by Gasteiger charge is -2.03. The van der Waals surface area contributed by atoms with Crippen molar-refractivity contribution in [3.8, 4) is 5.75 Å². The highest BCUT2D eigenvalue weighted by atomic mass is 35.5. The van der Waals surface area contributed by atoms with Crippen molar-refractivity contribution in [2.45, 2.75) is 6.92 Å². The summed E-state index contributed by atoms with van der Waals surface area (Å²) in [5.41, 5.74) is 8.71. The van der Waals surface area contributed by atoms with Gasteiger partial charge in [0, 0.05) is 15.8 Å². The van der Waals surface area contributed by atoms with Crippen LogP contribution in [0.3, 0.4) is 0 Å². The van der Waals surface area contributed by atoms with Crippen molar-refractivity contribution in [2.75, 3.05) is 5.73 Å². The SMILES string of the molecule is Cc1ccc2nc3sc(C(=O)c4cc(Cl)ccc4O)c(N)c3cc2c1. The van der Waals surface area contributed by atoms with Gasteiger partial charge in [-0.1, -0.05) is 23.2 Å². The predicted molar refractivity (Wildman–Crippen MR) is 103 cm³/mol. The molecule has 3 N–H and O–H groups in total. The molecule has 0 aliphatic carbocycles. The van der Waals surface area contributed by atoms with Crippen LogP contribution in [-0.2, 0) is 0 Å². The summed E-state index contributed by atoms with van der Waals surface area (Å²) in [5, 5.41) is 12.1. The van der Waals surface area contributed by atoms with E-state index in [9.17, 15) is 9.90 Å². The van der Waals surface area contributed by atoms with Crippen molar-refractivity contribution in [3.63, 3.8) is 0 Å². The maximum absolute atomic E-state index is 12.8. The highest BCUT2D eigenvalue weighted by Gasteiger charge is 2.21. The Balaban J connectivity index is 1.93. The van der Waals surface area contributed by atoms with E-state index < -0.39 is 0 Å². The molecule has 4 nitrogen and oxygen atoms in total. The van der Waals surface area contributed by atoms with E-state index in [-0.39, 0.29) is 17.1 Å². The number of nitrogen functional groups attached to an aromatic ring is 1. The van der Waals surface area contributed by atoms with Crippen LogP contribution < -0.4 is 5.73 Å². The van der Waals surface area contributed by atoms with Gasteiger partial charge in [0.05, 0.1) is 16.8 Å². The number of phenols is 1. The first-order chi connectivity index (χ1) is 11.9. The van der Waals surface area contributed by atoms with Crippen LogP contribution in [0.5, 0.6) is 5.75 Å². The molecule has 0 amide bonds. The van der Waals surface area contributed by atoms with Crippen LogP contribution >= 0.6 is 22.9 Å². The minimum atomic E-state index is -0.360. The first-order valence-electron chi connectivity index (χ1n) is 7.56. The Labute approximate surface area is 152 Å². The van der Waals surface area contributed by atoms with Gasteiger partial charge in [-0.2, -0.15) is 0 Å². The minimum Gasteiger partial charge on any atom is -0.507 e. The summed E-state index contributed by atoms with van der Waals surface area (Å²) >= 11 is 7.17. The van der Waals surface area contributed by atoms with E-state index in [0.29, 0.717) is 20.4 Å². The molecule has 2 heterocycles. The maximum atomic E-state index is 12.8. The molecular weight excluding hydrogens is 356 g/mol. The predicted octanol–water partition coefficient (Wildman–Crippen LogP) is 4.93. The largest absolute Gasteiger partial charge is 0.507 e.